The van der Waals surface area contributed by atoms with Crippen LogP contribution in [0.25, 0.3) is 0 Å². The summed E-state index contributed by atoms with van der Waals surface area (Å²) in [4.78, 5) is 0. The fourth-order valence-corrected chi connectivity index (χ4v) is 1.60. The largest absolute Gasteiger partial charge is 0.383 e. The molecule has 2 heteroatoms. The van der Waals surface area contributed by atoms with Crippen LogP contribution in [0, 0.1) is 0 Å². The van der Waals surface area contributed by atoms with Crippen molar-refractivity contribution < 1.29 is 4.74 Å². The lowest BCUT2D eigenvalue weighted by Gasteiger charge is -2.09. The molecule has 0 N–H and O–H groups in total. The van der Waals surface area contributed by atoms with Crippen molar-refractivity contribution in [3.05, 3.63) is 0 Å². The van der Waals surface area contributed by atoms with Crippen molar-refractivity contribution in [3.63, 3.8) is 0 Å². The average Bonchev–Trinajstić information content (AvgIpc) is 1.85. The van der Waals surface area contributed by atoms with E-state index < -0.39 is 0 Å². The van der Waals surface area contributed by atoms with Crippen LogP contribution in [-0.2, 0) is 4.74 Å². The molecule has 0 aliphatic carbocycles. The fraction of sp³-hybridized carbons (Fsp3) is 1.00. The highest BCUT2D eigenvalue weighted by molar-refractivity contribution is 6.10. The van der Waals surface area contributed by atoms with Crippen LogP contribution in [0.3, 0.4) is 0 Å². The summed E-state index contributed by atoms with van der Waals surface area (Å²) in [6, 6.07) is 0. The van der Waals surface area contributed by atoms with Crippen molar-refractivity contribution in [1.82, 2.24) is 0 Å². The summed E-state index contributed by atoms with van der Waals surface area (Å²) in [5.74, 6) is 0. The molecule has 0 spiro atoms. The third kappa shape index (κ3) is 6.06. The normalized spacial score (nSPS) is 14.0. The van der Waals surface area contributed by atoms with Gasteiger partial charge in [-0.05, 0) is 13.3 Å². The van der Waals surface area contributed by atoms with E-state index in [9.17, 15) is 0 Å². The molecule has 0 aliphatic heterocycles. The second kappa shape index (κ2) is 6.30. The highest BCUT2D eigenvalue weighted by Gasteiger charge is 1.97. The molecule has 9 heavy (non-hydrogen) atoms. The Labute approximate surface area is 61.2 Å². The van der Waals surface area contributed by atoms with E-state index in [0.717, 1.165) is 6.61 Å². The Morgan fingerprint density at radius 3 is 2.56 bits per heavy atom. The van der Waals surface area contributed by atoms with Crippen molar-refractivity contribution in [2.24, 2.45) is 0 Å². The number of unbranched alkanes of at least 4 members (excludes halogenated alkanes) is 1. The van der Waals surface area contributed by atoms with E-state index in [1.54, 1.807) is 0 Å². The summed E-state index contributed by atoms with van der Waals surface area (Å²) in [5, 5.41) is 0. The van der Waals surface area contributed by atoms with E-state index in [1.807, 2.05) is 0 Å². The summed E-state index contributed by atoms with van der Waals surface area (Å²) in [5.41, 5.74) is 0.606. The molecule has 1 unspecified atom stereocenters. The zero-order valence-corrected chi connectivity index (χ0v) is 8.81. The summed E-state index contributed by atoms with van der Waals surface area (Å²) in [6.45, 7) is 5.18. The predicted octanol–water partition coefficient (Wildman–Crippen LogP) is 0.905. The Morgan fingerprint density at radius 1 is 1.44 bits per heavy atom. The SMILES string of the molecule is CCCCC([SiH3])OCC. The molecule has 0 fully saturated rings. The molecule has 0 aromatic rings. The van der Waals surface area contributed by atoms with Gasteiger partial charge < -0.3 is 4.74 Å². The van der Waals surface area contributed by atoms with E-state index in [1.165, 1.54) is 29.5 Å². The number of hydrogen-bond donors (Lipinski definition) is 0. The molecule has 0 bridgehead atoms. The van der Waals surface area contributed by atoms with Crippen molar-refractivity contribution >= 4 is 10.2 Å². The van der Waals surface area contributed by atoms with Gasteiger partial charge in [0.15, 0.2) is 0 Å². The second-order valence-electron chi connectivity index (χ2n) is 2.41. The first-order valence-electron chi connectivity index (χ1n) is 3.92. The predicted molar refractivity (Wildman–Crippen MR) is 44.9 cm³/mol. The monoisotopic (exact) mass is 146 g/mol. The molecule has 1 nitrogen and oxygen atoms in total. The van der Waals surface area contributed by atoms with Gasteiger partial charge in [0.05, 0.1) is 0 Å². The highest BCUT2D eigenvalue weighted by atomic mass is 28.1. The van der Waals surface area contributed by atoms with Crippen molar-refractivity contribution in [3.8, 4) is 0 Å². The van der Waals surface area contributed by atoms with Gasteiger partial charge in [-0.15, -0.1) is 0 Å². The van der Waals surface area contributed by atoms with Gasteiger partial charge in [0.2, 0.25) is 0 Å². The number of rotatable bonds is 5. The quantitative estimate of drug-likeness (QED) is 0.524. The minimum atomic E-state index is 0.606. The lowest BCUT2D eigenvalue weighted by molar-refractivity contribution is 0.111. The first kappa shape index (κ1) is 9.18. The van der Waals surface area contributed by atoms with Gasteiger partial charge in [-0.25, -0.2) is 0 Å². The maximum atomic E-state index is 5.41. The van der Waals surface area contributed by atoms with E-state index in [4.69, 9.17) is 4.74 Å². The minimum Gasteiger partial charge on any atom is -0.383 e. The van der Waals surface area contributed by atoms with Gasteiger partial charge in [0, 0.05) is 22.6 Å². The molecule has 0 radical (unpaired) electrons. The van der Waals surface area contributed by atoms with Crippen LogP contribution < -0.4 is 0 Å². The third-order valence-electron chi connectivity index (χ3n) is 1.42. The van der Waals surface area contributed by atoms with Gasteiger partial charge in [0.25, 0.3) is 0 Å². The first-order valence-corrected chi connectivity index (χ1v) is 5.08. The van der Waals surface area contributed by atoms with Crippen molar-refractivity contribution in [2.75, 3.05) is 6.61 Å². The Morgan fingerprint density at radius 2 is 2.11 bits per heavy atom. The van der Waals surface area contributed by atoms with Crippen LogP contribution in [0.1, 0.15) is 33.1 Å². The van der Waals surface area contributed by atoms with Crippen molar-refractivity contribution in [1.29, 1.82) is 0 Å². The Hall–Kier alpha value is 0.177. The van der Waals surface area contributed by atoms with Crippen LogP contribution in [0.15, 0.2) is 0 Å². The molecule has 0 rings (SSSR count). The summed E-state index contributed by atoms with van der Waals surface area (Å²) < 4.78 is 5.41. The molecule has 56 valence electrons. The van der Waals surface area contributed by atoms with Crippen LogP contribution >= 0.6 is 0 Å². The topological polar surface area (TPSA) is 9.23 Å². The minimum absolute atomic E-state index is 0.606. The maximum Gasteiger partial charge on any atom is 0.0436 e. The average molecular weight is 146 g/mol. The first-order chi connectivity index (χ1) is 4.31. The smallest absolute Gasteiger partial charge is 0.0436 e. The molecule has 1 atom stereocenters. The molecule has 0 aliphatic rings. The summed E-state index contributed by atoms with van der Waals surface area (Å²) in [7, 11) is 1.19. The zero-order valence-electron chi connectivity index (χ0n) is 6.81. The zero-order chi connectivity index (χ0) is 7.11. The standard InChI is InChI=1S/C7H18OSi/c1-3-5-6-7(9)8-4-2/h7H,3-6H2,1-2,9H3. The number of ether oxygens (including phenoxy) is 1. The van der Waals surface area contributed by atoms with Crippen LogP contribution in [-0.4, -0.2) is 22.6 Å². The Kier molecular flexibility index (Phi) is 6.42. The van der Waals surface area contributed by atoms with Crippen LogP contribution in [0.4, 0.5) is 0 Å². The molecule has 0 saturated carbocycles. The van der Waals surface area contributed by atoms with Crippen molar-refractivity contribution in [2.45, 2.75) is 38.8 Å². The summed E-state index contributed by atoms with van der Waals surface area (Å²) >= 11 is 0. The van der Waals surface area contributed by atoms with Crippen LogP contribution in [0.2, 0.25) is 0 Å². The molecule has 0 heterocycles. The van der Waals surface area contributed by atoms with E-state index in [0.29, 0.717) is 5.73 Å². The van der Waals surface area contributed by atoms with E-state index >= 15 is 0 Å². The van der Waals surface area contributed by atoms with Crippen LogP contribution in [0.5, 0.6) is 0 Å². The third-order valence-corrected chi connectivity index (χ3v) is 2.33. The van der Waals surface area contributed by atoms with Gasteiger partial charge in [-0.2, -0.15) is 0 Å². The van der Waals surface area contributed by atoms with E-state index in [2.05, 4.69) is 13.8 Å². The molecular formula is C7H18OSi. The molecular weight excluding hydrogens is 128 g/mol. The van der Waals surface area contributed by atoms with E-state index in [-0.39, 0.29) is 0 Å². The number of hydrogen-bond acceptors (Lipinski definition) is 1. The highest BCUT2D eigenvalue weighted by Crippen LogP contribution is 2.00. The summed E-state index contributed by atoms with van der Waals surface area (Å²) in [6.07, 6.45) is 3.90. The Bertz CT molecular complexity index is 56.9. The molecule has 0 saturated heterocycles. The van der Waals surface area contributed by atoms with Gasteiger partial charge >= 0.3 is 0 Å². The maximum absolute atomic E-state index is 5.41. The van der Waals surface area contributed by atoms with Gasteiger partial charge in [-0.3, -0.25) is 0 Å². The molecule has 0 aromatic carbocycles. The Balaban J connectivity index is 2.95. The second-order valence-corrected chi connectivity index (χ2v) is 3.70. The molecule has 0 amide bonds. The van der Waals surface area contributed by atoms with Gasteiger partial charge in [-0.1, -0.05) is 19.8 Å². The molecule has 0 aromatic heterocycles. The lowest BCUT2D eigenvalue weighted by atomic mass is 10.3. The lowest BCUT2D eigenvalue weighted by Crippen LogP contribution is -2.11. The van der Waals surface area contributed by atoms with Gasteiger partial charge in [0.1, 0.15) is 0 Å². The fourth-order valence-electron chi connectivity index (χ4n) is 0.859.